The van der Waals surface area contributed by atoms with Crippen molar-refractivity contribution in [2.75, 3.05) is 6.54 Å². The fourth-order valence-electron chi connectivity index (χ4n) is 1.47. The molecule has 0 amide bonds. The molecule has 1 unspecified atom stereocenters. The smallest absolute Gasteiger partial charge is 0.0247 e. The SMILES string of the molecule is CCC(C)Cn1cccc1CCN. The molecule has 2 nitrogen and oxygen atoms in total. The van der Waals surface area contributed by atoms with Crippen LogP contribution in [0, 0.1) is 5.92 Å². The summed E-state index contributed by atoms with van der Waals surface area (Å²) in [6, 6.07) is 4.27. The van der Waals surface area contributed by atoms with Crippen molar-refractivity contribution in [1.29, 1.82) is 0 Å². The van der Waals surface area contributed by atoms with E-state index in [4.69, 9.17) is 5.73 Å². The Morgan fingerprint density at radius 1 is 1.54 bits per heavy atom. The highest BCUT2D eigenvalue weighted by molar-refractivity contribution is 5.07. The van der Waals surface area contributed by atoms with Crippen LogP contribution in [0.3, 0.4) is 0 Å². The lowest BCUT2D eigenvalue weighted by Gasteiger charge is -2.13. The first-order chi connectivity index (χ1) is 6.27. The van der Waals surface area contributed by atoms with Gasteiger partial charge in [0.2, 0.25) is 0 Å². The van der Waals surface area contributed by atoms with Gasteiger partial charge in [-0.3, -0.25) is 0 Å². The highest BCUT2D eigenvalue weighted by Crippen LogP contribution is 2.09. The van der Waals surface area contributed by atoms with Crippen LogP contribution in [0.1, 0.15) is 26.0 Å². The molecule has 1 atom stereocenters. The van der Waals surface area contributed by atoms with Gasteiger partial charge >= 0.3 is 0 Å². The Morgan fingerprint density at radius 2 is 2.31 bits per heavy atom. The summed E-state index contributed by atoms with van der Waals surface area (Å²) in [5.41, 5.74) is 6.90. The van der Waals surface area contributed by atoms with Gasteiger partial charge in [0, 0.05) is 18.4 Å². The lowest BCUT2D eigenvalue weighted by molar-refractivity contribution is 0.460. The van der Waals surface area contributed by atoms with Gasteiger partial charge in [-0.2, -0.15) is 0 Å². The van der Waals surface area contributed by atoms with Gasteiger partial charge in [-0.05, 0) is 31.0 Å². The molecule has 1 aromatic rings. The number of hydrogen-bond acceptors (Lipinski definition) is 1. The lowest BCUT2D eigenvalue weighted by Crippen LogP contribution is -2.12. The van der Waals surface area contributed by atoms with E-state index >= 15 is 0 Å². The average molecular weight is 180 g/mol. The predicted octanol–water partition coefficient (Wildman–Crippen LogP) is 2.04. The Bertz CT molecular complexity index is 240. The van der Waals surface area contributed by atoms with Crippen LogP contribution in [0.2, 0.25) is 0 Å². The first kappa shape index (κ1) is 10.3. The quantitative estimate of drug-likeness (QED) is 0.738. The molecule has 0 fully saturated rings. The molecular weight excluding hydrogens is 160 g/mol. The van der Waals surface area contributed by atoms with E-state index in [0.717, 1.165) is 25.4 Å². The Kier molecular flexibility index (Phi) is 4.03. The van der Waals surface area contributed by atoms with Gasteiger partial charge in [0.05, 0.1) is 0 Å². The number of nitrogens with zero attached hydrogens (tertiary/aromatic N) is 1. The van der Waals surface area contributed by atoms with Crippen LogP contribution in [0.5, 0.6) is 0 Å². The van der Waals surface area contributed by atoms with E-state index in [1.165, 1.54) is 12.1 Å². The summed E-state index contributed by atoms with van der Waals surface area (Å²) < 4.78 is 2.32. The fourth-order valence-corrected chi connectivity index (χ4v) is 1.47. The monoisotopic (exact) mass is 180 g/mol. The van der Waals surface area contributed by atoms with Gasteiger partial charge in [0.25, 0.3) is 0 Å². The molecule has 0 spiro atoms. The number of rotatable bonds is 5. The summed E-state index contributed by atoms with van der Waals surface area (Å²) in [6.45, 7) is 6.38. The zero-order chi connectivity index (χ0) is 9.68. The zero-order valence-electron chi connectivity index (χ0n) is 8.66. The van der Waals surface area contributed by atoms with Crippen molar-refractivity contribution < 1.29 is 0 Å². The Morgan fingerprint density at radius 3 is 2.92 bits per heavy atom. The first-order valence-electron chi connectivity index (χ1n) is 5.12. The van der Waals surface area contributed by atoms with Crippen molar-refractivity contribution in [3.63, 3.8) is 0 Å². The second kappa shape index (κ2) is 5.07. The normalized spacial score (nSPS) is 13.2. The molecule has 0 saturated carbocycles. The Labute approximate surface area is 80.7 Å². The van der Waals surface area contributed by atoms with Gasteiger partial charge < -0.3 is 10.3 Å². The number of nitrogens with two attached hydrogens (primary N) is 1. The third-order valence-corrected chi connectivity index (χ3v) is 2.53. The van der Waals surface area contributed by atoms with Crippen LogP contribution >= 0.6 is 0 Å². The van der Waals surface area contributed by atoms with E-state index in [1.54, 1.807) is 0 Å². The standard InChI is InChI=1S/C11H20N2/c1-3-10(2)9-13-8-4-5-11(13)6-7-12/h4-5,8,10H,3,6-7,9,12H2,1-2H3. The maximum atomic E-state index is 5.54. The minimum absolute atomic E-state index is 0.741. The summed E-state index contributed by atoms with van der Waals surface area (Å²) in [6.07, 6.45) is 4.38. The van der Waals surface area contributed by atoms with E-state index in [2.05, 4.69) is 36.7 Å². The van der Waals surface area contributed by atoms with Crippen molar-refractivity contribution in [3.8, 4) is 0 Å². The molecule has 1 aromatic heterocycles. The van der Waals surface area contributed by atoms with Crippen molar-refractivity contribution in [2.24, 2.45) is 11.7 Å². The van der Waals surface area contributed by atoms with Crippen molar-refractivity contribution in [2.45, 2.75) is 33.2 Å². The van der Waals surface area contributed by atoms with Crippen LogP contribution in [0.15, 0.2) is 18.3 Å². The Hall–Kier alpha value is -0.760. The molecule has 1 heterocycles. The van der Waals surface area contributed by atoms with Crippen molar-refractivity contribution >= 4 is 0 Å². The molecule has 0 aliphatic rings. The molecule has 0 aromatic carbocycles. The summed E-state index contributed by atoms with van der Waals surface area (Å²) in [4.78, 5) is 0. The van der Waals surface area contributed by atoms with Gasteiger partial charge in [-0.1, -0.05) is 20.3 Å². The van der Waals surface area contributed by atoms with E-state index in [1.807, 2.05) is 0 Å². The molecule has 1 rings (SSSR count). The van der Waals surface area contributed by atoms with Crippen LogP contribution in [0.25, 0.3) is 0 Å². The highest BCUT2D eigenvalue weighted by Gasteiger charge is 2.03. The molecule has 0 bridgehead atoms. The van der Waals surface area contributed by atoms with Gasteiger partial charge in [0.1, 0.15) is 0 Å². The number of aromatic nitrogens is 1. The molecular formula is C11H20N2. The molecule has 2 heteroatoms. The van der Waals surface area contributed by atoms with E-state index in [9.17, 15) is 0 Å². The molecule has 74 valence electrons. The predicted molar refractivity (Wildman–Crippen MR) is 56.6 cm³/mol. The largest absolute Gasteiger partial charge is 0.351 e. The van der Waals surface area contributed by atoms with Crippen LogP contribution in [0.4, 0.5) is 0 Å². The summed E-state index contributed by atoms with van der Waals surface area (Å²) >= 11 is 0. The van der Waals surface area contributed by atoms with Crippen molar-refractivity contribution in [3.05, 3.63) is 24.0 Å². The first-order valence-corrected chi connectivity index (χ1v) is 5.12. The van der Waals surface area contributed by atoms with E-state index in [0.29, 0.717) is 0 Å². The molecule has 0 saturated heterocycles. The second-order valence-corrected chi connectivity index (χ2v) is 3.70. The molecule has 13 heavy (non-hydrogen) atoms. The van der Waals surface area contributed by atoms with Gasteiger partial charge in [-0.15, -0.1) is 0 Å². The topological polar surface area (TPSA) is 30.9 Å². The van der Waals surface area contributed by atoms with Crippen LogP contribution in [-0.2, 0) is 13.0 Å². The molecule has 0 aliphatic heterocycles. The molecule has 0 aliphatic carbocycles. The van der Waals surface area contributed by atoms with Crippen LogP contribution < -0.4 is 5.73 Å². The van der Waals surface area contributed by atoms with E-state index in [-0.39, 0.29) is 0 Å². The summed E-state index contributed by atoms with van der Waals surface area (Å²) in [5, 5.41) is 0. The minimum atomic E-state index is 0.741. The highest BCUT2D eigenvalue weighted by atomic mass is 15.0. The minimum Gasteiger partial charge on any atom is -0.351 e. The fraction of sp³-hybridized carbons (Fsp3) is 0.636. The summed E-state index contributed by atoms with van der Waals surface area (Å²) in [7, 11) is 0. The number of hydrogen-bond donors (Lipinski definition) is 1. The molecule has 2 N–H and O–H groups in total. The summed E-state index contributed by atoms with van der Waals surface area (Å²) in [5.74, 6) is 0.754. The molecule has 0 radical (unpaired) electrons. The Balaban J connectivity index is 2.59. The maximum Gasteiger partial charge on any atom is 0.0247 e. The third-order valence-electron chi connectivity index (χ3n) is 2.53. The zero-order valence-corrected chi connectivity index (χ0v) is 8.66. The lowest BCUT2D eigenvalue weighted by atomic mass is 10.1. The average Bonchev–Trinajstić information content (AvgIpc) is 2.54. The van der Waals surface area contributed by atoms with Gasteiger partial charge in [0.15, 0.2) is 0 Å². The second-order valence-electron chi connectivity index (χ2n) is 3.70. The third kappa shape index (κ3) is 2.88. The maximum absolute atomic E-state index is 5.54. The van der Waals surface area contributed by atoms with Crippen molar-refractivity contribution in [1.82, 2.24) is 4.57 Å². The van der Waals surface area contributed by atoms with Crippen LogP contribution in [-0.4, -0.2) is 11.1 Å². The van der Waals surface area contributed by atoms with E-state index < -0.39 is 0 Å². The van der Waals surface area contributed by atoms with Gasteiger partial charge in [-0.25, -0.2) is 0 Å².